The van der Waals surface area contributed by atoms with E-state index in [0.717, 1.165) is 24.9 Å². The van der Waals surface area contributed by atoms with Gasteiger partial charge in [-0.15, -0.1) is 24.0 Å². The average molecular weight is 482 g/mol. The van der Waals surface area contributed by atoms with Crippen LogP contribution >= 0.6 is 24.0 Å². The van der Waals surface area contributed by atoms with Crippen LogP contribution in [0.15, 0.2) is 34.2 Å². The Morgan fingerprint density at radius 3 is 2.48 bits per heavy atom. The number of hydrogen-bond donors (Lipinski definition) is 3. The second kappa shape index (κ2) is 10.9. The van der Waals surface area contributed by atoms with E-state index in [-0.39, 0.29) is 30.0 Å². The van der Waals surface area contributed by atoms with E-state index in [2.05, 4.69) is 20.3 Å². The van der Waals surface area contributed by atoms with Crippen LogP contribution < -0.4 is 15.4 Å². The Balaban J connectivity index is 0.00000312. The molecule has 1 aromatic rings. The highest BCUT2D eigenvalue weighted by Gasteiger charge is 2.27. The maximum Gasteiger partial charge on any atom is 0.240 e. The summed E-state index contributed by atoms with van der Waals surface area (Å²) in [6, 6.07) is 6.95. The number of rotatable bonds is 9. The van der Waals surface area contributed by atoms with Gasteiger partial charge in [0.25, 0.3) is 0 Å². The normalized spacial score (nSPS) is 14.7. The predicted octanol–water partition coefficient (Wildman–Crippen LogP) is 1.45. The molecular weight excluding hydrogens is 455 g/mol. The molecule has 0 atom stereocenters. The maximum atomic E-state index is 12.1. The quantitative estimate of drug-likeness (QED) is 0.215. The molecule has 1 saturated carbocycles. The molecule has 1 aliphatic rings. The molecule has 9 heteroatoms. The van der Waals surface area contributed by atoms with E-state index in [0.29, 0.717) is 30.6 Å². The maximum absolute atomic E-state index is 12.1. The third-order valence-electron chi connectivity index (χ3n) is 3.50. The fourth-order valence-corrected chi connectivity index (χ4v) is 3.35. The summed E-state index contributed by atoms with van der Waals surface area (Å²) in [6.45, 7) is 4.51. The fraction of sp³-hybridized carbons (Fsp3) is 0.562. The molecule has 0 heterocycles. The molecule has 1 aromatic carbocycles. The Labute approximate surface area is 167 Å². The smallest absolute Gasteiger partial charge is 0.240 e. The summed E-state index contributed by atoms with van der Waals surface area (Å²) in [5, 5.41) is 6.32. The number of methoxy groups -OCH3 is 1. The van der Waals surface area contributed by atoms with E-state index < -0.39 is 10.0 Å². The van der Waals surface area contributed by atoms with E-state index in [1.165, 1.54) is 0 Å². The third kappa shape index (κ3) is 7.89. The van der Waals surface area contributed by atoms with Crippen molar-refractivity contribution in [3.05, 3.63) is 29.8 Å². The summed E-state index contributed by atoms with van der Waals surface area (Å²) >= 11 is 0. The number of guanidine groups is 1. The molecule has 0 aliphatic heterocycles. The predicted molar refractivity (Wildman–Crippen MR) is 110 cm³/mol. The average Bonchev–Trinajstić information content (AvgIpc) is 3.36. The Kier molecular flexibility index (Phi) is 9.69. The standard InChI is InChI=1S/C16H26N4O3S.HI/c1-3-17-16(18-10-11-23-2)19-12-13-4-8-15(9-5-13)24(21,22)20-14-6-7-14;/h4-5,8-9,14,20H,3,6-7,10-12H2,1-2H3,(H2,17,18,19);1H. The molecular formula is C16H27IN4O3S. The van der Waals surface area contributed by atoms with Gasteiger partial charge in [-0.2, -0.15) is 0 Å². The lowest BCUT2D eigenvalue weighted by Gasteiger charge is -2.11. The molecule has 0 saturated heterocycles. The zero-order chi connectivity index (χ0) is 17.4. The first-order valence-electron chi connectivity index (χ1n) is 8.17. The van der Waals surface area contributed by atoms with Gasteiger partial charge in [-0.25, -0.2) is 18.1 Å². The van der Waals surface area contributed by atoms with Crippen LogP contribution in [0.4, 0.5) is 0 Å². The Bertz CT molecular complexity index is 646. The Morgan fingerprint density at radius 2 is 1.92 bits per heavy atom. The molecule has 7 nitrogen and oxygen atoms in total. The minimum Gasteiger partial charge on any atom is -0.383 e. The van der Waals surface area contributed by atoms with Crippen LogP contribution in [0.5, 0.6) is 0 Å². The molecule has 25 heavy (non-hydrogen) atoms. The molecule has 0 unspecified atom stereocenters. The zero-order valence-electron chi connectivity index (χ0n) is 14.6. The van der Waals surface area contributed by atoms with Crippen molar-refractivity contribution < 1.29 is 13.2 Å². The van der Waals surface area contributed by atoms with Crippen LogP contribution in [-0.4, -0.2) is 47.2 Å². The van der Waals surface area contributed by atoms with Crippen molar-refractivity contribution in [2.45, 2.75) is 37.2 Å². The third-order valence-corrected chi connectivity index (χ3v) is 5.03. The first-order chi connectivity index (χ1) is 11.5. The lowest BCUT2D eigenvalue weighted by molar-refractivity contribution is 0.203. The van der Waals surface area contributed by atoms with Crippen LogP contribution in [0.3, 0.4) is 0 Å². The van der Waals surface area contributed by atoms with Crippen molar-refractivity contribution in [1.29, 1.82) is 0 Å². The van der Waals surface area contributed by atoms with Gasteiger partial charge in [-0.05, 0) is 37.5 Å². The summed E-state index contributed by atoms with van der Waals surface area (Å²) in [4.78, 5) is 4.78. The van der Waals surface area contributed by atoms with Crippen LogP contribution in [0, 0.1) is 0 Å². The van der Waals surface area contributed by atoms with Gasteiger partial charge in [-0.1, -0.05) is 12.1 Å². The molecule has 0 spiro atoms. The highest BCUT2D eigenvalue weighted by molar-refractivity contribution is 14.0. The molecule has 1 fully saturated rings. The van der Waals surface area contributed by atoms with Gasteiger partial charge in [-0.3, -0.25) is 0 Å². The van der Waals surface area contributed by atoms with E-state index in [1.807, 2.05) is 6.92 Å². The van der Waals surface area contributed by atoms with Gasteiger partial charge in [0.2, 0.25) is 10.0 Å². The van der Waals surface area contributed by atoms with Crippen molar-refractivity contribution in [3.8, 4) is 0 Å². The van der Waals surface area contributed by atoms with E-state index in [9.17, 15) is 8.42 Å². The second-order valence-corrected chi connectivity index (χ2v) is 7.37. The first-order valence-corrected chi connectivity index (χ1v) is 9.66. The van der Waals surface area contributed by atoms with Crippen LogP contribution in [0.2, 0.25) is 0 Å². The number of nitrogens with one attached hydrogen (secondary N) is 3. The largest absolute Gasteiger partial charge is 0.383 e. The zero-order valence-corrected chi connectivity index (χ0v) is 17.8. The summed E-state index contributed by atoms with van der Waals surface area (Å²) in [7, 11) is -1.74. The van der Waals surface area contributed by atoms with E-state index in [1.54, 1.807) is 31.4 Å². The molecule has 3 N–H and O–H groups in total. The van der Waals surface area contributed by atoms with Crippen molar-refractivity contribution >= 4 is 40.0 Å². The van der Waals surface area contributed by atoms with E-state index >= 15 is 0 Å². The highest BCUT2D eigenvalue weighted by Crippen LogP contribution is 2.22. The van der Waals surface area contributed by atoms with Gasteiger partial charge >= 0.3 is 0 Å². The fourth-order valence-electron chi connectivity index (χ4n) is 2.05. The number of halogens is 1. The van der Waals surface area contributed by atoms with Crippen molar-refractivity contribution in [2.24, 2.45) is 4.99 Å². The number of benzene rings is 1. The van der Waals surface area contributed by atoms with Gasteiger partial charge in [0.1, 0.15) is 0 Å². The van der Waals surface area contributed by atoms with Crippen LogP contribution in [0.25, 0.3) is 0 Å². The number of sulfonamides is 1. The topological polar surface area (TPSA) is 91.8 Å². The van der Waals surface area contributed by atoms with E-state index in [4.69, 9.17) is 4.74 Å². The molecule has 1 aliphatic carbocycles. The molecule has 0 aromatic heterocycles. The first kappa shape index (κ1) is 22.1. The minimum absolute atomic E-state index is 0. The molecule has 142 valence electrons. The van der Waals surface area contributed by atoms with Crippen molar-refractivity contribution in [1.82, 2.24) is 15.4 Å². The van der Waals surface area contributed by atoms with Crippen molar-refractivity contribution in [2.75, 3.05) is 26.8 Å². The molecule has 0 amide bonds. The summed E-state index contributed by atoms with van der Waals surface area (Å²) in [6.07, 6.45) is 1.85. The minimum atomic E-state index is -3.39. The second-order valence-electron chi connectivity index (χ2n) is 5.65. The lowest BCUT2D eigenvalue weighted by atomic mass is 10.2. The SMILES string of the molecule is CCNC(=NCc1ccc(S(=O)(=O)NC2CC2)cc1)NCCOC.I. The molecule has 2 rings (SSSR count). The number of ether oxygens (including phenoxy) is 1. The van der Waals surface area contributed by atoms with Crippen molar-refractivity contribution in [3.63, 3.8) is 0 Å². The summed E-state index contributed by atoms with van der Waals surface area (Å²) in [5.74, 6) is 0.710. The molecule has 0 bridgehead atoms. The van der Waals surface area contributed by atoms with Gasteiger partial charge < -0.3 is 15.4 Å². The number of nitrogens with zero attached hydrogens (tertiary/aromatic N) is 1. The monoisotopic (exact) mass is 482 g/mol. The van der Waals surface area contributed by atoms with Gasteiger partial charge in [0.15, 0.2) is 5.96 Å². The summed E-state index contributed by atoms with van der Waals surface area (Å²) < 4.78 is 31.9. The van der Waals surface area contributed by atoms with Gasteiger partial charge in [0, 0.05) is 26.2 Å². The van der Waals surface area contributed by atoms with Gasteiger partial charge in [0.05, 0.1) is 18.0 Å². The number of hydrogen-bond acceptors (Lipinski definition) is 4. The van der Waals surface area contributed by atoms with Crippen LogP contribution in [-0.2, 0) is 21.3 Å². The Morgan fingerprint density at radius 1 is 1.24 bits per heavy atom. The highest BCUT2D eigenvalue weighted by atomic mass is 127. The Hall–Kier alpha value is -0.910. The summed E-state index contributed by atoms with van der Waals surface area (Å²) in [5.41, 5.74) is 0.948. The molecule has 0 radical (unpaired) electrons. The number of aliphatic imine (C=N–C) groups is 1. The van der Waals surface area contributed by atoms with Crippen LogP contribution in [0.1, 0.15) is 25.3 Å². The lowest BCUT2D eigenvalue weighted by Crippen LogP contribution is -2.38.